The Morgan fingerprint density at radius 3 is 2.57 bits per heavy atom. The standard InChI is InChI=1S/C26H21ClFN7O2/c1-34-8-3-9-35(2)26(37)13-4-5-14(17(28)10-13)21-15-11-16(25(36)31-18(15)6-7-29-21)23-30-19-12-20(27)32-24(34)22(19)33-23/h4-7,10-12H,3,8-9H2,1-2H3,(H,30,33)(H,31,36). The normalized spacial score (nSPS) is 14.2. The minimum Gasteiger partial charge on any atom is -0.358 e. The largest absolute Gasteiger partial charge is 0.358 e. The van der Waals surface area contributed by atoms with Gasteiger partial charge in [0.1, 0.15) is 22.3 Å². The quantitative estimate of drug-likeness (QED) is 0.297. The fourth-order valence-corrected chi connectivity index (χ4v) is 4.88. The molecule has 0 radical (unpaired) electrons. The van der Waals surface area contributed by atoms with E-state index < -0.39 is 5.82 Å². The Morgan fingerprint density at radius 2 is 1.76 bits per heavy atom. The lowest BCUT2D eigenvalue weighted by Gasteiger charge is -2.22. The molecule has 1 aromatic carbocycles. The molecule has 0 saturated heterocycles. The van der Waals surface area contributed by atoms with E-state index in [0.717, 1.165) is 0 Å². The molecule has 5 aromatic rings. The summed E-state index contributed by atoms with van der Waals surface area (Å²) in [4.78, 5) is 49.1. The van der Waals surface area contributed by atoms with Crippen LogP contribution in [-0.2, 0) is 0 Å². The Morgan fingerprint density at radius 1 is 0.946 bits per heavy atom. The molecule has 2 N–H and O–H groups in total. The Kier molecular flexibility index (Phi) is 5.41. The number of hydrogen-bond acceptors (Lipinski definition) is 6. The minimum absolute atomic E-state index is 0.216. The average Bonchev–Trinajstić information content (AvgIpc) is 3.29. The molecule has 186 valence electrons. The number of aromatic amines is 2. The van der Waals surface area contributed by atoms with Crippen molar-refractivity contribution in [2.75, 3.05) is 32.1 Å². The fourth-order valence-electron chi connectivity index (χ4n) is 4.69. The number of hydrogen-bond donors (Lipinski definition) is 2. The number of nitrogens with one attached hydrogen (secondary N) is 2. The molecule has 1 amide bonds. The fraction of sp³-hybridized carbons (Fsp3) is 0.192. The summed E-state index contributed by atoms with van der Waals surface area (Å²) in [5, 5.41) is 0.806. The number of aromatic nitrogens is 5. The molecule has 2 aliphatic heterocycles. The van der Waals surface area contributed by atoms with Crippen LogP contribution < -0.4 is 10.5 Å². The van der Waals surface area contributed by atoms with Gasteiger partial charge in [-0.05, 0) is 36.8 Å². The molecule has 4 aromatic heterocycles. The summed E-state index contributed by atoms with van der Waals surface area (Å²) in [5.74, 6) is 0.0133. The van der Waals surface area contributed by atoms with Crippen LogP contribution in [0.25, 0.3) is 44.6 Å². The van der Waals surface area contributed by atoms with Crippen LogP contribution in [0.2, 0.25) is 5.15 Å². The SMILES string of the molecule is CN1CCCN(C)c2nc(Cl)cc3[nH]c(nc23)-c2cc3c(nccc3[nH]c2=O)-c2ccc(cc2F)C1=O. The molecular formula is C26H21ClFN7O2. The number of benzene rings is 1. The number of carbonyl (C=O) groups excluding carboxylic acids is 1. The van der Waals surface area contributed by atoms with Crippen molar-refractivity contribution < 1.29 is 9.18 Å². The number of fused-ring (bicyclic) bond motifs is 7. The number of imidazole rings is 1. The second kappa shape index (κ2) is 8.67. The van der Waals surface area contributed by atoms with Crippen LogP contribution in [0.1, 0.15) is 16.8 Å². The van der Waals surface area contributed by atoms with Gasteiger partial charge in [-0.15, -0.1) is 0 Å². The van der Waals surface area contributed by atoms with E-state index in [1.54, 1.807) is 42.3 Å². The topological polar surface area (TPSA) is 111 Å². The van der Waals surface area contributed by atoms with Crippen LogP contribution >= 0.6 is 11.6 Å². The van der Waals surface area contributed by atoms with E-state index >= 15 is 4.39 Å². The highest BCUT2D eigenvalue weighted by atomic mass is 35.5. The molecule has 6 bridgehead atoms. The third kappa shape index (κ3) is 3.89. The van der Waals surface area contributed by atoms with Gasteiger partial charge in [0.2, 0.25) is 0 Å². The highest BCUT2D eigenvalue weighted by Gasteiger charge is 2.21. The summed E-state index contributed by atoms with van der Waals surface area (Å²) in [7, 11) is 3.55. The lowest BCUT2D eigenvalue weighted by atomic mass is 10.0. The Bertz CT molecular complexity index is 1780. The molecule has 0 atom stereocenters. The second-order valence-corrected chi connectivity index (χ2v) is 9.47. The number of pyridine rings is 3. The Labute approximate surface area is 214 Å². The first-order valence-electron chi connectivity index (χ1n) is 11.7. The molecule has 0 saturated carbocycles. The predicted octanol–water partition coefficient (Wildman–Crippen LogP) is 4.23. The zero-order chi connectivity index (χ0) is 25.8. The second-order valence-electron chi connectivity index (χ2n) is 9.08. The number of halogens is 2. The number of rotatable bonds is 0. The van der Waals surface area contributed by atoms with Crippen molar-refractivity contribution in [2.45, 2.75) is 6.42 Å². The van der Waals surface area contributed by atoms with Gasteiger partial charge in [0.05, 0.1) is 22.3 Å². The van der Waals surface area contributed by atoms with Crippen LogP contribution in [0.15, 0.2) is 47.4 Å². The average molecular weight is 518 g/mol. The van der Waals surface area contributed by atoms with Crippen molar-refractivity contribution in [1.82, 2.24) is 29.8 Å². The van der Waals surface area contributed by atoms with Crippen LogP contribution in [0.5, 0.6) is 0 Å². The predicted molar refractivity (Wildman–Crippen MR) is 140 cm³/mol. The molecule has 7 rings (SSSR count). The maximum atomic E-state index is 15.4. The third-order valence-corrected chi connectivity index (χ3v) is 6.81. The smallest absolute Gasteiger partial charge is 0.259 e. The minimum atomic E-state index is -0.582. The maximum Gasteiger partial charge on any atom is 0.259 e. The van der Waals surface area contributed by atoms with Crippen molar-refractivity contribution in [3.8, 4) is 22.6 Å². The first-order valence-corrected chi connectivity index (χ1v) is 12.0. The van der Waals surface area contributed by atoms with E-state index in [1.807, 2.05) is 11.9 Å². The first kappa shape index (κ1) is 23.1. The van der Waals surface area contributed by atoms with Gasteiger partial charge in [0, 0.05) is 56.0 Å². The highest BCUT2D eigenvalue weighted by Crippen LogP contribution is 2.32. The third-order valence-electron chi connectivity index (χ3n) is 6.61. The van der Waals surface area contributed by atoms with Gasteiger partial charge in [-0.2, -0.15) is 0 Å². The summed E-state index contributed by atoms with van der Waals surface area (Å²) in [5.41, 5.74) is 2.36. The van der Waals surface area contributed by atoms with E-state index in [1.165, 1.54) is 12.3 Å². The summed E-state index contributed by atoms with van der Waals surface area (Å²) in [6.45, 7) is 1.00. The number of H-pyrrole nitrogens is 2. The number of carbonyl (C=O) groups is 1. The van der Waals surface area contributed by atoms with Crippen molar-refractivity contribution in [1.29, 1.82) is 0 Å². The summed E-state index contributed by atoms with van der Waals surface area (Å²) >= 11 is 6.31. The van der Waals surface area contributed by atoms with Gasteiger partial charge in [-0.1, -0.05) is 11.6 Å². The highest BCUT2D eigenvalue weighted by molar-refractivity contribution is 6.30. The molecule has 9 nitrogen and oxygen atoms in total. The van der Waals surface area contributed by atoms with Crippen LogP contribution in [0, 0.1) is 5.82 Å². The first-order chi connectivity index (χ1) is 17.8. The zero-order valence-corrected chi connectivity index (χ0v) is 20.7. The van der Waals surface area contributed by atoms with Gasteiger partial charge in [-0.3, -0.25) is 14.6 Å². The molecular weight excluding hydrogens is 497 g/mol. The Hall–Kier alpha value is -4.31. The van der Waals surface area contributed by atoms with E-state index in [-0.39, 0.29) is 33.3 Å². The van der Waals surface area contributed by atoms with Gasteiger partial charge in [-0.25, -0.2) is 14.4 Å². The molecule has 11 heteroatoms. The van der Waals surface area contributed by atoms with Crippen LogP contribution in [0.4, 0.5) is 10.2 Å². The van der Waals surface area contributed by atoms with Crippen molar-refractivity contribution in [3.05, 3.63) is 69.5 Å². The van der Waals surface area contributed by atoms with Crippen LogP contribution in [-0.4, -0.2) is 62.9 Å². The van der Waals surface area contributed by atoms with E-state index in [9.17, 15) is 9.59 Å². The van der Waals surface area contributed by atoms with Gasteiger partial charge >= 0.3 is 0 Å². The van der Waals surface area contributed by atoms with Gasteiger partial charge in [0.25, 0.3) is 11.5 Å². The van der Waals surface area contributed by atoms with Crippen molar-refractivity contribution in [3.63, 3.8) is 0 Å². The van der Waals surface area contributed by atoms with E-state index in [0.29, 0.717) is 58.8 Å². The molecule has 2 aliphatic rings. The molecule has 0 fully saturated rings. The Balaban J connectivity index is 1.64. The maximum absolute atomic E-state index is 15.4. The lowest BCUT2D eigenvalue weighted by molar-refractivity contribution is 0.0793. The zero-order valence-electron chi connectivity index (χ0n) is 20.0. The lowest BCUT2D eigenvalue weighted by Crippen LogP contribution is -2.30. The van der Waals surface area contributed by atoms with Gasteiger partial charge < -0.3 is 19.8 Å². The van der Waals surface area contributed by atoms with E-state index in [2.05, 4.69) is 19.9 Å². The van der Waals surface area contributed by atoms with Crippen molar-refractivity contribution >= 4 is 45.3 Å². The number of nitrogens with zero attached hydrogens (tertiary/aromatic N) is 5. The molecule has 6 heterocycles. The van der Waals surface area contributed by atoms with E-state index in [4.69, 9.17) is 16.6 Å². The molecule has 37 heavy (non-hydrogen) atoms. The summed E-state index contributed by atoms with van der Waals surface area (Å²) in [6, 6.07) is 9.30. The molecule has 0 aliphatic carbocycles. The monoisotopic (exact) mass is 517 g/mol. The van der Waals surface area contributed by atoms with Crippen molar-refractivity contribution in [2.24, 2.45) is 0 Å². The number of anilines is 1. The number of amides is 1. The van der Waals surface area contributed by atoms with Crippen LogP contribution in [0.3, 0.4) is 0 Å². The molecule has 0 unspecified atom stereocenters. The van der Waals surface area contributed by atoms with Gasteiger partial charge in [0.15, 0.2) is 5.82 Å². The summed E-state index contributed by atoms with van der Waals surface area (Å²) in [6.07, 6.45) is 2.13. The summed E-state index contributed by atoms with van der Waals surface area (Å²) < 4.78 is 15.4. The molecule has 0 spiro atoms.